The molecule has 2 fully saturated rings. The number of aliphatic hydroxyl groups is 1. The van der Waals surface area contributed by atoms with Gasteiger partial charge in [0.05, 0.1) is 5.60 Å². The van der Waals surface area contributed by atoms with Crippen LogP contribution in [0.3, 0.4) is 0 Å². The third kappa shape index (κ3) is 1.19. The molecule has 0 aromatic carbocycles. The van der Waals surface area contributed by atoms with Crippen LogP contribution in [0.2, 0.25) is 0 Å². The van der Waals surface area contributed by atoms with E-state index in [4.69, 9.17) is 0 Å². The summed E-state index contributed by atoms with van der Waals surface area (Å²) in [6.07, 6.45) is 6.15. The van der Waals surface area contributed by atoms with Crippen molar-refractivity contribution in [2.75, 3.05) is 0 Å². The third-order valence-corrected chi connectivity index (χ3v) is 4.16. The Morgan fingerprint density at radius 2 is 1.83 bits per heavy atom. The van der Waals surface area contributed by atoms with E-state index in [-0.39, 0.29) is 5.60 Å². The molecule has 0 heterocycles. The molecule has 2 rings (SSSR count). The lowest BCUT2D eigenvalue weighted by atomic mass is 9.68. The first-order chi connectivity index (χ1) is 5.64. The van der Waals surface area contributed by atoms with E-state index in [1.807, 2.05) is 0 Å². The van der Waals surface area contributed by atoms with Crippen molar-refractivity contribution in [1.29, 1.82) is 0 Å². The fourth-order valence-electron chi connectivity index (χ4n) is 2.84. The number of hydrogen-bond donors (Lipinski definition) is 1. The maximum atomic E-state index is 10.4. The van der Waals surface area contributed by atoms with Crippen LogP contribution in [0.5, 0.6) is 0 Å². The van der Waals surface area contributed by atoms with Gasteiger partial charge in [-0.25, -0.2) is 0 Å². The molecule has 3 atom stereocenters. The van der Waals surface area contributed by atoms with E-state index >= 15 is 0 Å². The summed E-state index contributed by atoms with van der Waals surface area (Å²) in [4.78, 5) is 0. The molecule has 2 aliphatic rings. The highest BCUT2D eigenvalue weighted by Crippen LogP contribution is 2.51. The van der Waals surface area contributed by atoms with Crippen LogP contribution in [0.4, 0.5) is 0 Å². The maximum Gasteiger partial charge on any atom is 0.0703 e. The summed E-state index contributed by atoms with van der Waals surface area (Å²) < 4.78 is 0. The van der Waals surface area contributed by atoms with Crippen LogP contribution in [-0.4, -0.2) is 10.7 Å². The SMILES string of the molecule is CC1CCCC(O)(C2CC2)C1C. The minimum Gasteiger partial charge on any atom is -0.389 e. The fraction of sp³-hybridized carbons (Fsp3) is 1.00. The minimum absolute atomic E-state index is 0.280. The molecule has 12 heavy (non-hydrogen) atoms. The molecule has 1 heteroatoms. The van der Waals surface area contributed by atoms with Gasteiger partial charge in [-0.05, 0) is 37.0 Å². The Morgan fingerprint density at radius 1 is 1.17 bits per heavy atom. The van der Waals surface area contributed by atoms with Crippen molar-refractivity contribution >= 4 is 0 Å². The second-order valence-corrected chi connectivity index (χ2v) is 4.92. The van der Waals surface area contributed by atoms with E-state index < -0.39 is 0 Å². The highest BCUT2D eigenvalue weighted by atomic mass is 16.3. The Bertz CT molecular complexity index is 174. The second kappa shape index (κ2) is 2.73. The van der Waals surface area contributed by atoms with E-state index in [2.05, 4.69) is 13.8 Å². The smallest absolute Gasteiger partial charge is 0.0703 e. The van der Waals surface area contributed by atoms with E-state index in [1.54, 1.807) is 0 Å². The van der Waals surface area contributed by atoms with Crippen LogP contribution in [-0.2, 0) is 0 Å². The van der Waals surface area contributed by atoms with Crippen molar-refractivity contribution in [3.63, 3.8) is 0 Å². The van der Waals surface area contributed by atoms with Gasteiger partial charge in [-0.2, -0.15) is 0 Å². The summed E-state index contributed by atoms with van der Waals surface area (Å²) in [5.74, 6) is 1.90. The van der Waals surface area contributed by atoms with Crippen LogP contribution in [0.15, 0.2) is 0 Å². The first kappa shape index (κ1) is 8.55. The molecule has 0 aliphatic heterocycles. The zero-order valence-corrected chi connectivity index (χ0v) is 8.21. The van der Waals surface area contributed by atoms with Gasteiger partial charge in [0.1, 0.15) is 0 Å². The van der Waals surface area contributed by atoms with Gasteiger partial charge in [-0.3, -0.25) is 0 Å². The second-order valence-electron chi connectivity index (χ2n) is 4.92. The molecule has 0 amide bonds. The highest BCUT2D eigenvalue weighted by molar-refractivity contribution is 5.00. The van der Waals surface area contributed by atoms with Crippen molar-refractivity contribution in [3.8, 4) is 0 Å². The summed E-state index contributed by atoms with van der Waals surface area (Å²) in [5, 5.41) is 10.4. The standard InChI is InChI=1S/C11H20O/c1-8-4-3-7-11(12,9(8)2)10-5-6-10/h8-10,12H,3-7H2,1-2H3. The molecular weight excluding hydrogens is 148 g/mol. The van der Waals surface area contributed by atoms with Crippen molar-refractivity contribution in [1.82, 2.24) is 0 Å². The number of hydrogen-bond acceptors (Lipinski definition) is 1. The molecule has 0 radical (unpaired) electrons. The summed E-state index contributed by atoms with van der Waals surface area (Å²) >= 11 is 0. The van der Waals surface area contributed by atoms with Crippen LogP contribution >= 0.6 is 0 Å². The Labute approximate surface area is 75.2 Å². The highest BCUT2D eigenvalue weighted by Gasteiger charge is 2.49. The van der Waals surface area contributed by atoms with E-state index in [0.717, 1.165) is 12.3 Å². The lowest BCUT2D eigenvalue weighted by molar-refractivity contribution is -0.0802. The van der Waals surface area contributed by atoms with Crippen molar-refractivity contribution in [2.45, 2.75) is 51.6 Å². The molecule has 0 aromatic rings. The molecule has 70 valence electrons. The molecule has 0 spiro atoms. The van der Waals surface area contributed by atoms with Gasteiger partial charge in [-0.15, -0.1) is 0 Å². The maximum absolute atomic E-state index is 10.4. The lowest BCUT2D eigenvalue weighted by Crippen LogP contribution is -2.44. The first-order valence-corrected chi connectivity index (χ1v) is 5.37. The summed E-state index contributed by atoms with van der Waals surface area (Å²) in [6, 6.07) is 0. The summed E-state index contributed by atoms with van der Waals surface area (Å²) in [7, 11) is 0. The molecule has 1 N–H and O–H groups in total. The van der Waals surface area contributed by atoms with E-state index in [0.29, 0.717) is 11.8 Å². The van der Waals surface area contributed by atoms with Gasteiger partial charge in [-0.1, -0.05) is 26.7 Å². The quantitative estimate of drug-likeness (QED) is 0.638. The van der Waals surface area contributed by atoms with Crippen LogP contribution in [0, 0.1) is 17.8 Å². The van der Waals surface area contributed by atoms with Gasteiger partial charge in [0.25, 0.3) is 0 Å². The largest absolute Gasteiger partial charge is 0.389 e. The van der Waals surface area contributed by atoms with Gasteiger partial charge in [0.2, 0.25) is 0 Å². The average molecular weight is 168 g/mol. The number of rotatable bonds is 1. The molecule has 1 nitrogen and oxygen atoms in total. The molecule has 0 bridgehead atoms. The Balaban J connectivity index is 2.11. The zero-order chi connectivity index (χ0) is 8.77. The topological polar surface area (TPSA) is 20.2 Å². The normalized spacial score (nSPS) is 49.2. The molecule has 2 saturated carbocycles. The Morgan fingerprint density at radius 3 is 2.42 bits per heavy atom. The van der Waals surface area contributed by atoms with Crippen molar-refractivity contribution in [3.05, 3.63) is 0 Å². The summed E-state index contributed by atoms with van der Waals surface area (Å²) in [5.41, 5.74) is -0.280. The molecule has 0 saturated heterocycles. The van der Waals surface area contributed by atoms with E-state index in [9.17, 15) is 5.11 Å². The monoisotopic (exact) mass is 168 g/mol. The fourth-order valence-corrected chi connectivity index (χ4v) is 2.84. The Hall–Kier alpha value is -0.0400. The van der Waals surface area contributed by atoms with Gasteiger partial charge < -0.3 is 5.11 Å². The lowest BCUT2D eigenvalue weighted by Gasteiger charge is -2.42. The predicted octanol–water partition coefficient (Wildman–Crippen LogP) is 2.58. The van der Waals surface area contributed by atoms with Gasteiger partial charge in [0.15, 0.2) is 0 Å². The first-order valence-electron chi connectivity index (χ1n) is 5.37. The van der Waals surface area contributed by atoms with Crippen LogP contribution < -0.4 is 0 Å². The van der Waals surface area contributed by atoms with E-state index in [1.165, 1.54) is 25.7 Å². The third-order valence-electron chi connectivity index (χ3n) is 4.16. The molecular formula is C11H20O. The van der Waals surface area contributed by atoms with Crippen LogP contribution in [0.1, 0.15) is 46.0 Å². The average Bonchev–Trinajstić information content (AvgIpc) is 2.82. The minimum atomic E-state index is -0.280. The summed E-state index contributed by atoms with van der Waals surface area (Å²) in [6.45, 7) is 4.53. The van der Waals surface area contributed by atoms with Crippen molar-refractivity contribution in [2.24, 2.45) is 17.8 Å². The van der Waals surface area contributed by atoms with Crippen molar-refractivity contribution < 1.29 is 5.11 Å². The van der Waals surface area contributed by atoms with Gasteiger partial charge in [0, 0.05) is 0 Å². The van der Waals surface area contributed by atoms with Gasteiger partial charge >= 0.3 is 0 Å². The molecule has 3 unspecified atom stereocenters. The van der Waals surface area contributed by atoms with Crippen LogP contribution in [0.25, 0.3) is 0 Å². The predicted molar refractivity (Wildman–Crippen MR) is 49.9 cm³/mol. The Kier molecular flexibility index (Phi) is 1.95. The zero-order valence-electron chi connectivity index (χ0n) is 8.21. The molecule has 0 aromatic heterocycles. The molecule has 2 aliphatic carbocycles.